The van der Waals surface area contributed by atoms with Gasteiger partial charge < -0.3 is 0 Å². The van der Waals surface area contributed by atoms with E-state index >= 15 is 0 Å². The van der Waals surface area contributed by atoms with Gasteiger partial charge in [-0.25, -0.2) is 8.42 Å². The maximum absolute atomic E-state index is 11.8. The molecule has 2 aromatic carbocycles. The molecular weight excluding hydrogens is 262 g/mol. The first-order valence-electron chi connectivity index (χ1n) is 5.87. The molecule has 19 heavy (non-hydrogen) atoms. The van der Waals surface area contributed by atoms with Gasteiger partial charge in [0.05, 0.1) is 12.2 Å². The molecule has 0 saturated heterocycles. The van der Waals surface area contributed by atoms with Gasteiger partial charge in [-0.05, 0) is 23.3 Å². The van der Waals surface area contributed by atoms with Crippen LogP contribution in [0.1, 0.15) is 18.4 Å². The Balaban J connectivity index is 2.31. The Kier molecular flexibility index (Phi) is 3.57. The van der Waals surface area contributed by atoms with E-state index in [1.165, 1.54) is 0 Å². The summed E-state index contributed by atoms with van der Waals surface area (Å²) in [6.07, 6.45) is 0.970. The summed E-state index contributed by atoms with van der Waals surface area (Å²) < 4.78 is 24.1. The Labute approximate surface area is 112 Å². The molecule has 1 unspecified atom stereocenters. The summed E-state index contributed by atoms with van der Waals surface area (Å²) in [6.45, 7) is 1.69. The van der Waals surface area contributed by atoms with Crippen LogP contribution in [0.3, 0.4) is 0 Å². The maximum atomic E-state index is 11.8. The molecule has 0 aliphatic heterocycles. The van der Waals surface area contributed by atoms with Crippen LogP contribution in [-0.2, 0) is 14.8 Å². The fraction of sp³-hybridized carbons (Fsp3) is 0.214. The molecule has 0 fully saturated rings. The third-order valence-electron chi connectivity index (χ3n) is 2.95. The fourth-order valence-corrected chi connectivity index (χ4v) is 2.44. The molecule has 0 saturated carbocycles. The lowest BCUT2D eigenvalue weighted by Crippen LogP contribution is -2.32. The van der Waals surface area contributed by atoms with Gasteiger partial charge >= 0.3 is 0 Å². The van der Waals surface area contributed by atoms with Crippen LogP contribution < -0.4 is 4.72 Å². The molecule has 100 valence electrons. The Bertz CT molecular complexity index is 722. The van der Waals surface area contributed by atoms with Gasteiger partial charge in [0.2, 0.25) is 15.9 Å². The van der Waals surface area contributed by atoms with Crippen LogP contribution in [0, 0.1) is 0 Å². The number of sulfonamides is 1. The fourth-order valence-electron chi connectivity index (χ4n) is 1.90. The zero-order valence-electron chi connectivity index (χ0n) is 10.8. The SMILES string of the molecule is CC(C(=O)NS(C)(=O)=O)c1ccc2ccccc2c1. The molecule has 0 bridgehead atoms. The van der Waals surface area contributed by atoms with Crippen molar-refractivity contribution in [2.45, 2.75) is 12.8 Å². The van der Waals surface area contributed by atoms with E-state index in [0.717, 1.165) is 22.6 Å². The van der Waals surface area contributed by atoms with Crippen LogP contribution in [-0.4, -0.2) is 20.6 Å². The number of carbonyl (C=O) groups is 1. The van der Waals surface area contributed by atoms with E-state index in [1.807, 2.05) is 47.2 Å². The Hall–Kier alpha value is -1.88. The quantitative estimate of drug-likeness (QED) is 0.933. The first kappa shape index (κ1) is 13.5. The van der Waals surface area contributed by atoms with Gasteiger partial charge in [0.25, 0.3) is 0 Å². The monoisotopic (exact) mass is 277 g/mol. The number of fused-ring (bicyclic) bond motifs is 1. The molecule has 0 aliphatic carbocycles. The Morgan fingerprint density at radius 3 is 2.37 bits per heavy atom. The third kappa shape index (κ3) is 3.32. The molecule has 0 heterocycles. The number of benzene rings is 2. The van der Waals surface area contributed by atoms with E-state index in [1.54, 1.807) is 6.92 Å². The number of nitrogens with one attached hydrogen (secondary N) is 1. The highest BCUT2D eigenvalue weighted by atomic mass is 32.2. The predicted molar refractivity (Wildman–Crippen MR) is 75.3 cm³/mol. The molecule has 0 spiro atoms. The van der Waals surface area contributed by atoms with E-state index in [-0.39, 0.29) is 0 Å². The van der Waals surface area contributed by atoms with Crippen molar-refractivity contribution in [3.8, 4) is 0 Å². The minimum atomic E-state index is -3.52. The first-order chi connectivity index (χ1) is 8.87. The highest BCUT2D eigenvalue weighted by Crippen LogP contribution is 2.21. The van der Waals surface area contributed by atoms with Crippen molar-refractivity contribution >= 4 is 26.7 Å². The van der Waals surface area contributed by atoms with Crippen LogP contribution in [0.15, 0.2) is 42.5 Å². The molecule has 0 aliphatic rings. The zero-order valence-corrected chi connectivity index (χ0v) is 11.6. The number of hydrogen-bond donors (Lipinski definition) is 1. The van der Waals surface area contributed by atoms with Crippen molar-refractivity contribution in [1.29, 1.82) is 0 Å². The highest BCUT2D eigenvalue weighted by Gasteiger charge is 2.18. The van der Waals surface area contributed by atoms with Crippen molar-refractivity contribution in [3.63, 3.8) is 0 Å². The number of rotatable bonds is 3. The van der Waals surface area contributed by atoms with Crippen molar-refractivity contribution in [2.24, 2.45) is 0 Å². The number of hydrogen-bond acceptors (Lipinski definition) is 3. The third-order valence-corrected chi connectivity index (χ3v) is 3.52. The molecule has 4 nitrogen and oxygen atoms in total. The summed E-state index contributed by atoms with van der Waals surface area (Å²) in [5.74, 6) is -1.03. The normalized spacial score (nSPS) is 13.2. The first-order valence-corrected chi connectivity index (χ1v) is 7.76. The second-order valence-corrected chi connectivity index (χ2v) is 6.32. The Morgan fingerprint density at radius 1 is 1.11 bits per heavy atom. The zero-order chi connectivity index (χ0) is 14.0. The largest absolute Gasteiger partial charge is 0.273 e. The lowest BCUT2D eigenvalue weighted by molar-refractivity contribution is -0.120. The van der Waals surface area contributed by atoms with E-state index in [4.69, 9.17) is 0 Å². The second-order valence-electron chi connectivity index (χ2n) is 4.57. The van der Waals surface area contributed by atoms with Gasteiger partial charge in [-0.1, -0.05) is 42.5 Å². The predicted octanol–water partition coefficient (Wildman–Crippen LogP) is 2.02. The van der Waals surface area contributed by atoms with Gasteiger partial charge in [-0.2, -0.15) is 0 Å². The maximum Gasteiger partial charge on any atom is 0.240 e. The topological polar surface area (TPSA) is 63.2 Å². The van der Waals surface area contributed by atoms with Crippen LogP contribution >= 0.6 is 0 Å². The smallest absolute Gasteiger partial charge is 0.240 e. The molecule has 0 radical (unpaired) electrons. The molecule has 5 heteroatoms. The summed E-state index contributed by atoms with van der Waals surface area (Å²) >= 11 is 0. The van der Waals surface area contributed by atoms with Gasteiger partial charge in [-0.15, -0.1) is 0 Å². The van der Waals surface area contributed by atoms with E-state index in [0.29, 0.717) is 0 Å². The average molecular weight is 277 g/mol. The van der Waals surface area contributed by atoms with E-state index in [2.05, 4.69) is 0 Å². The average Bonchev–Trinajstić information content (AvgIpc) is 2.35. The molecule has 2 aromatic rings. The number of amides is 1. The van der Waals surface area contributed by atoms with Crippen molar-refractivity contribution in [1.82, 2.24) is 4.72 Å². The van der Waals surface area contributed by atoms with Crippen molar-refractivity contribution in [3.05, 3.63) is 48.0 Å². The molecular formula is C14H15NO3S. The summed E-state index contributed by atoms with van der Waals surface area (Å²) in [5, 5.41) is 2.11. The lowest BCUT2D eigenvalue weighted by atomic mass is 9.97. The summed E-state index contributed by atoms with van der Waals surface area (Å²) in [4.78, 5) is 11.8. The van der Waals surface area contributed by atoms with E-state index < -0.39 is 21.8 Å². The van der Waals surface area contributed by atoms with Gasteiger partial charge in [0.1, 0.15) is 0 Å². The van der Waals surface area contributed by atoms with Crippen LogP contribution in [0.2, 0.25) is 0 Å². The molecule has 1 amide bonds. The minimum Gasteiger partial charge on any atom is -0.273 e. The molecule has 0 aromatic heterocycles. The lowest BCUT2D eigenvalue weighted by Gasteiger charge is -2.12. The molecule has 2 rings (SSSR count). The summed E-state index contributed by atoms with van der Waals surface area (Å²) in [5.41, 5.74) is 0.792. The van der Waals surface area contributed by atoms with Gasteiger partial charge in [0.15, 0.2) is 0 Å². The summed E-state index contributed by atoms with van der Waals surface area (Å²) in [6, 6.07) is 13.5. The van der Waals surface area contributed by atoms with Crippen LogP contribution in [0.4, 0.5) is 0 Å². The molecule has 1 atom stereocenters. The molecule has 1 N–H and O–H groups in total. The van der Waals surface area contributed by atoms with E-state index in [9.17, 15) is 13.2 Å². The van der Waals surface area contributed by atoms with Crippen molar-refractivity contribution < 1.29 is 13.2 Å². The van der Waals surface area contributed by atoms with Crippen molar-refractivity contribution in [2.75, 3.05) is 6.26 Å². The van der Waals surface area contributed by atoms with Crippen LogP contribution in [0.5, 0.6) is 0 Å². The van der Waals surface area contributed by atoms with Crippen LogP contribution in [0.25, 0.3) is 10.8 Å². The van der Waals surface area contributed by atoms with Gasteiger partial charge in [0, 0.05) is 0 Å². The standard InChI is InChI=1S/C14H15NO3S/c1-10(14(16)15-19(2,17)18)12-8-7-11-5-3-4-6-13(11)9-12/h3-10H,1-2H3,(H,15,16). The number of carbonyl (C=O) groups excluding carboxylic acids is 1. The minimum absolute atomic E-state index is 0.515. The second kappa shape index (κ2) is 5.01. The van der Waals surface area contributed by atoms with Gasteiger partial charge in [-0.3, -0.25) is 9.52 Å². The Morgan fingerprint density at radius 2 is 1.74 bits per heavy atom. The highest BCUT2D eigenvalue weighted by molar-refractivity contribution is 7.89. The summed E-state index contributed by atoms with van der Waals surface area (Å²) in [7, 11) is -3.52.